The molecule has 0 fully saturated rings. The average molecular weight is 190 g/mol. The van der Waals surface area contributed by atoms with Gasteiger partial charge in [-0.25, -0.2) is 0 Å². The molecule has 2 rings (SSSR count). The molecule has 2 heteroatoms. The number of rotatable bonds is 1. The van der Waals surface area contributed by atoms with Crippen LogP contribution in [0.3, 0.4) is 0 Å². The number of likely N-dealkylation sites (N-methyl/N-ethyl adjacent to an activating group) is 1. The van der Waals surface area contributed by atoms with Crippen LogP contribution in [0.5, 0.6) is 0 Å². The van der Waals surface area contributed by atoms with Crippen LogP contribution < -0.4 is 5.73 Å². The summed E-state index contributed by atoms with van der Waals surface area (Å²) in [6.07, 6.45) is 1.09. The lowest BCUT2D eigenvalue weighted by Crippen LogP contribution is -2.35. The summed E-state index contributed by atoms with van der Waals surface area (Å²) < 4.78 is 0. The number of benzene rings is 1. The van der Waals surface area contributed by atoms with Crippen LogP contribution in [0, 0.1) is 6.92 Å². The molecule has 2 unspecified atom stereocenters. The van der Waals surface area contributed by atoms with Crippen LogP contribution in [-0.2, 0) is 6.42 Å². The van der Waals surface area contributed by atoms with Gasteiger partial charge in [-0.1, -0.05) is 23.8 Å². The van der Waals surface area contributed by atoms with Crippen molar-refractivity contribution < 1.29 is 0 Å². The Hall–Kier alpha value is -0.860. The molecule has 1 aliphatic rings. The SMILES string of the molecule is Cc1ccc2c(c1)C(N)C(N(C)C)C2. The number of fused-ring (bicyclic) bond motifs is 1. The fourth-order valence-corrected chi connectivity index (χ4v) is 2.27. The van der Waals surface area contributed by atoms with Crippen LogP contribution in [0.1, 0.15) is 22.7 Å². The molecule has 0 spiro atoms. The van der Waals surface area contributed by atoms with Crippen LogP contribution in [0.2, 0.25) is 0 Å². The summed E-state index contributed by atoms with van der Waals surface area (Å²) in [5.41, 5.74) is 10.3. The minimum Gasteiger partial charge on any atom is -0.323 e. The quantitative estimate of drug-likeness (QED) is 0.727. The van der Waals surface area contributed by atoms with Gasteiger partial charge in [0.1, 0.15) is 0 Å². The topological polar surface area (TPSA) is 29.3 Å². The molecule has 0 amide bonds. The molecule has 1 aromatic carbocycles. The van der Waals surface area contributed by atoms with Crippen molar-refractivity contribution in [1.82, 2.24) is 4.90 Å². The van der Waals surface area contributed by atoms with Gasteiger partial charge in [0.25, 0.3) is 0 Å². The second-order valence-electron chi connectivity index (χ2n) is 4.46. The molecule has 0 heterocycles. The van der Waals surface area contributed by atoms with Crippen LogP contribution in [0.25, 0.3) is 0 Å². The third kappa shape index (κ3) is 1.45. The molecule has 0 bridgehead atoms. The summed E-state index contributed by atoms with van der Waals surface area (Å²) in [6, 6.07) is 7.26. The zero-order valence-corrected chi connectivity index (χ0v) is 9.12. The maximum absolute atomic E-state index is 6.22. The van der Waals surface area contributed by atoms with E-state index in [1.54, 1.807) is 0 Å². The third-order valence-corrected chi connectivity index (χ3v) is 3.17. The van der Waals surface area contributed by atoms with E-state index in [0.29, 0.717) is 6.04 Å². The Kier molecular flexibility index (Phi) is 2.33. The molecule has 76 valence electrons. The number of nitrogens with two attached hydrogens (primary N) is 1. The van der Waals surface area contributed by atoms with Gasteiger partial charge in [0.05, 0.1) is 0 Å². The fraction of sp³-hybridized carbons (Fsp3) is 0.500. The van der Waals surface area contributed by atoms with Gasteiger partial charge < -0.3 is 10.6 Å². The molecular weight excluding hydrogens is 172 g/mol. The summed E-state index contributed by atoms with van der Waals surface area (Å²) in [7, 11) is 4.20. The smallest absolute Gasteiger partial charge is 0.0458 e. The second kappa shape index (κ2) is 3.37. The molecule has 1 aromatic rings. The van der Waals surface area contributed by atoms with E-state index in [4.69, 9.17) is 5.73 Å². The highest BCUT2D eigenvalue weighted by molar-refractivity contribution is 5.39. The minimum absolute atomic E-state index is 0.180. The molecular formula is C12H18N2. The number of nitrogens with zero attached hydrogens (tertiary/aromatic N) is 1. The Labute approximate surface area is 85.7 Å². The van der Waals surface area contributed by atoms with Gasteiger partial charge in [-0.05, 0) is 38.6 Å². The third-order valence-electron chi connectivity index (χ3n) is 3.17. The maximum Gasteiger partial charge on any atom is 0.0458 e. The monoisotopic (exact) mass is 190 g/mol. The molecule has 2 nitrogen and oxygen atoms in total. The first-order chi connectivity index (χ1) is 6.59. The normalized spacial score (nSPS) is 25.5. The maximum atomic E-state index is 6.22. The molecule has 0 saturated heterocycles. The first-order valence-corrected chi connectivity index (χ1v) is 5.11. The van der Waals surface area contributed by atoms with Crippen LogP contribution in [0.15, 0.2) is 18.2 Å². The van der Waals surface area contributed by atoms with Gasteiger partial charge in [-0.3, -0.25) is 0 Å². The molecule has 2 N–H and O–H groups in total. The average Bonchev–Trinajstić information content (AvgIpc) is 2.44. The molecule has 0 aliphatic heterocycles. The molecule has 0 radical (unpaired) electrons. The van der Waals surface area contributed by atoms with E-state index in [1.165, 1.54) is 16.7 Å². The molecule has 0 saturated carbocycles. The molecule has 0 aromatic heterocycles. The van der Waals surface area contributed by atoms with Crippen molar-refractivity contribution in [3.8, 4) is 0 Å². The highest BCUT2D eigenvalue weighted by atomic mass is 15.1. The van der Waals surface area contributed by atoms with Crippen molar-refractivity contribution in [2.45, 2.75) is 25.4 Å². The standard InChI is InChI=1S/C12H18N2/c1-8-4-5-9-7-11(14(2)3)12(13)10(9)6-8/h4-6,11-12H,7,13H2,1-3H3. The van der Waals surface area contributed by atoms with Crippen LogP contribution in [0.4, 0.5) is 0 Å². The Morgan fingerprint density at radius 3 is 2.71 bits per heavy atom. The van der Waals surface area contributed by atoms with Crippen molar-refractivity contribution in [3.05, 3.63) is 34.9 Å². The minimum atomic E-state index is 0.180. The van der Waals surface area contributed by atoms with E-state index in [1.807, 2.05) is 0 Å². The Balaban J connectivity index is 2.36. The zero-order valence-electron chi connectivity index (χ0n) is 9.12. The van der Waals surface area contributed by atoms with Crippen molar-refractivity contribution >= 4 is 0 Å². The Bertz CT molecular complexity index is 344. The fourth-order valence-electron chi connectivity index (χ4n) is 2.27. The second-order valence-corrected chi connectivity index (χ2v) is 4.46. The van der Waals surface area contributed by atoms with Crippen molar-refractivity contribution in [2.24, 2.45) is 5.73 Å². The van der Waals surface area contributed by atoms with Gasteiger partial charge >= 0.3 is 0 Å². The van der Waals surface area contributed by atoms with Gasteiger partial charge in [0, 0.05) is 12.1 Å². The van der Waals surface area contributed by atoms with Crippen LogP contribution in [-0.4, -0.2) is 25.0 Å². The lowest BCUT2D eigenvalue weighted by molar-refractivity contribution is 0.269. The summed E-state index contributed by atoms with van der Waals surface area (Å²) in [4.78, 5) is 2.22. The number of hydrogen-bond acceptors (Lipinski definition) is 2. The Morgan fingerprint density at radius 1 is 1.36 bits per heavy atom. The largest absolute Gasteiger partial charge is 0.323 e. The highest BCUT2D eigenvalue weighted by Crippen LogP contribution is 2.32. The zero-order chi connectivity index (χ0) is 10.3. The molecule has 14 heavy (non-hydrogen) atoms. The summed E-state index contributed by atoms with van der Waals surface area (Å²) in [5.74, 6) is 0. The first kappa shape index (κ1) is 9.69. The number of aryl methyl sites for hydroxylation is 1. The Morgan fingerprint density at radius 2 is 2.07 bits per heavy atom. The lowest BCUT2D eigenvalue weighted by atomic mass is 10.1. The van der Waals surface area contributed by atoms with Crippen molar-refractivity contribution in [3.63, 3.8) is 0 Å². The van der Waals surface area contributed by atoms with Crippen molar-refractivity contribution in [1.29, 1.82) is 0 Å². The summed E-state index contributed by atoms with van der Waals surface area (Å²) in [5, 5.41) is 0. The number of hydrogen-bond donors (Lipinski definition) is 1. The van der Waals surface area contributed by atoms with Gasteiger partial charge in [-0.15, -0.1) is 0 Å². The van der Waals surface area contributed by atoms with Gasteiger partial charge in [-0.2, -0.15) is 0 Å². The summed E-state index contributed by atoms with van der Waals surface area (Å²) >= 11 is 0. The van der Waals surface area contributed by atoms with E-state index >= 15 is 0 Å². The van der Waals surface area contributed by atoms with Gasteiger partial charge in [0.15, 0.2) is 0 Å². The summed E-state index contributed by atoms with van der Waals surface area (Å²) in [6.45, 7) is 2.12. The van der Waals surface area contributed by atoms with E-state index in [2.05, 4.69) is 44.1 Å². The predicted molar refractivity (Wildman–Crippen MR) is 59.3 cm³/mol. The molecule has 1 aliphatic carbocycles. The van der Waals surface area contributed by atoms with E-state index in [-0.39, 0.29) is 6.04 Å². The van der Waals surface area contributed by atoms with E-state index < -0.39 is 0 Å². The van der Waals surface area contributed by atoms with E-state index in [0.717, 1.165) is 6.42 Å². The lowest BCUT2D eigenvalue weighted by Gasteiger charge is -2.23. The van der Waals surface area contributed by atoms with Crippen LogP contribution >= 0.6 is 0 Å². The highest BCUT2D eigenvalue weighted by Gasteiger charge is 2.30. The predicted octanol–water partition coefficient (Wildman–Crippen LogP) is 1.48. The van der Waals surface area contributed by atoms with Crippen molar-refractivity contribution in [2.75, 3.05) is 14.1 Å². The first-order valence-electron chi connectivity index (χ1n) is 5.11. The molecule has 2 atom stereocenters. The van der Waals surface area contributed by atoms with Gasteiger partial charge in [0.2, 0.25) is 0 Å². The van der Waals surface area contributed by atoms with E-state index in [9.17, 15) is 0 Å².